The highest BCUT2D eigenvalue weighted by Crippen LogP contribution is 2.29. The largest absolute Gasteiger partial charge is 0.244 e. The van der Waals surface area contributed by atoms with E-state index in [2.05, 4.69) is 18.8 Å². The van der Waals surface area contributed by atoms with Crippen LogP contribution >= 0.6 is 23.2 Å². The quantitative estimate of drug-likeness (QED) is 0.584. The fourth-order valence-electron chi connectivity index (χ4n) is 0.892. The number of aliphatic imine (C=N–C) groups is 1. The summed E-state index contributed by atoms with van der Waals surface area (Å²) in [6.07, 6.45) is 0.622. The van der Waals surface area contributed by atoms with Crippen LogP contribution in [-0.4, -0.2) is 5.17 Å². The van der Waals surface area contributed by atoms with Gasteiger partial charge in [-0.2, -0.15) is 0 Å². The van der Waals surface area contributed by atoms with Crippen molar-refractivity contribution in [3.63, 3.8) is 0 Å². The van der Waals surface area contributed by atoms with E-state index in [0.717, 1.165) is 10.7 Å². The van der Waals surface area contributed by atoms with E-state index in [0.29, 0.717) is 17.5 Å². The van der Waals surface area contributed by atoms with Crippen LogP contribution in [-0.2, 0) is 0 Å². The van der Waals surface area contributed by atoms with E-state index in [9.17, 15) is 0 Å². The van der Waals surface area contributed by atoms with Crippen molar-refractivity contribution in [1.29, 1.82) is 0 Å². The van der Waals surface area contributed by atoms with Gasteiger partial charge in [-0.25, -0.2) is 4.99 Å². The first-order valence-electron chi connectivity index (χ1n) is 3.23. The molecule has 0 N–H and O–H groups in total. The maximum Gasteiger partial charge on any atom is 0.111 e. The predicted molar refractivity (Wildman–Crippen MR) is 45.6 cm³/mol. The van der Waals surface area contributed by atoms with E-state index >= 15 is 0 Å². The fourth-order valence-corrected chi connectivity index (χ4v) is 1.57. The van der Waals surface area contributed by atoms with Crippen LogP contribution in [0.2, 0.25) is 0 Å². The number of nitrogens with zero attached hydrogens (tertiary/aromatic N) is 1. The summed E-state index contributed by atoms with van der Waals surface area (Å²) in [5.41, 5.74) is 0.937. The molecule has 56 valence electrons. The molecule has 1 heterocycles. The highest BCUT2D eigenvalue weighted by atomic mass is 35.5. The van der Waals surface area contributed by atoms with E-state index < -0.39 is 0 Å². The van der Waals surface area contributed by atoms with Crippen molar-refractivity contribution < 1.29 is 0 Å². The molecule has 0 bridgehead atoms. The molecule has 1 aliphatic heterocycles. The van der Waals surface area contributed by atoms with Gasteiger partial charge >= 0.3 is 0 Å². The summed E-state index contributed by atoms with van der Waals surface area (Å²) in [5, 5.41) is 1.40. The van der Waals surface area contributed by atoms with E-state index in [1.807, 2.05) is 0 Å². The highest BCUT2D eigenvalue weighted by Gasteiger charge is 2.16. The van der Waals surface area contributed by atoms with Gasteiger partial charge in [-0.1, -0.05) is 37.0 Å². The summed E-state index contributed by atoms with van der Waals surface area (Å²) in [5.74, 6) is 0.378. The number of allylic oxidation sites excluding steroid dienone is 2. The lowest BCUT2D eigenvalue weighted by molar-refractivity contribution is 0.759. The second-order valence-corrected chi connectivity index (χ2v) is 3.50. The highest BCUT2D eigenvalue weighted by molar-refractivity contribution is 6.67. The average molecular weight is 178 g/mol. The fraction of sp³-hybridized carbons (Fsp3) is 0.571. The Morgan fingerprint density at radius 3 is 2.20 bits per heavy atom. The summed E-state index contributed by atoms with van der Waals surface area (Å²) in [6.45, 7) is 4.10. The zero-order valence-corrected chi connectivity index (χ0v) is 7.50. The Morgan fingerprint density at radius 2 is 2.00 bits per heavy atom. The molecule has 1 nitrogen and oxygen atoms in total. The first kappa shape index (κ1) is 8.09. The van der Waals surface area contributed by atoms with Crippen molar-refractivity contribution >= 4 is 28.4 Å². The smallest absolute Gasteiger partial charge is 0.111 e. The van der Waals surface area contributed by atoms with Crippen LogP contribution in [0.5, 0.6) is 0 Å². The van der Waals surface area contributed by atoms with Gasteiger partial charge in [0.25, 0.3) is 0 Å². The van der Waals surface area contributed by atoms with Gasteiger partial charge < -0.3 is 0 Å². The molecule has 0 saturated heterocycles. The minimum Gasteiger partial charge on any atom is -0.244 e. The Balaban J connectivity index is 2.82. The molecule has 0 unspecified atom stereocenters. The summed E-state index contributed by atoms with van der Waals surface area (Å²) in [6, 6.07) is 0. The molecule has 0 aromatic carbocycles. The number of rotatable bonds is 1. The van der Waals surface area contributed by atoms with Crippen LogP contribution in [0.15, 0.2) is 15.7 Å². The molecule has 1 rings (SSSR count). The van der Waals surface area contributed by atoms with Gasteiger partial charge in [0.1, 0.15) is 5.17 Å². The molecule has 0 fully saturated rings. The molecule has 0 amide bonds. The van der Waals surface area contributed by atoms with Gasteiger partial charge in [0.15, 0.2) is 0 Å². The van der Waals surface area contributed by atoms with Gasteiger partial charge in [0.05, 0.1) is 5.70 Å². The number of hydrogen-bond acceptors (Lipinski definition) is 1. The SMILES string of the molecule is CC(C)C1=C(Cl)CC(Cl)=N1. The van der Waals surface area contributed by atoms with Crippen LogP contribution in [0.1, 0.15) is 20.3 Å². The molecule has 3 heteroatoms. The summed E-state index contributed by atoms with van der Waals surface area (Å²) in [4.78, 5) is 4.10. The van der Waals surface area contributed by atoms with Crippen molar-refractivity contribution in [3.05, 3.63) is 10.7 Å². The zero-order valence-electron chi connectivity index (χ0n) is 5.99. The van der Waals surface area contributed by atoms with Crippen LogP contribution < -0.4 is 0 Å². The zero-order chi connectivity index (χ0) is 7.72. The molecule has 1 aliphatic rings. The minimum atomic E-state index is 0.378. The third kappa shape index (κ3) is 1.53. The first-order valence-corrected chi connectivity index (χ1v) is 3.98. The molecular weight excluding hydrogens is 169 g/mol. The maximum atomic E-state index is 5.85. The van der Waals surface area contributed by atoms with Gasteiger partial charge in [0, 0.05) is 11.5 Å². The topological polar surface area (TPSA) is 12.4 Å². The second-order valence-electron chi connectivity index (χ2n) is 2.61. The average Bonchev–Trinajstić information content (AvgIpc) is 2.10. The maximum absolute atomic E-state index is 5.85. The molecule has 0 atom stereocenters. The van der Waals surface area contributed by atoms with Gasteiger partial charge in [-0.05, 0) is 5.92 Å². The minimum absolute atomic E-state index is 0.378. The van der Waals surface area contributed by atoms with Gasteiger partial charge in [-0.15, -0.1) is 0 Å². The Hall–Kier alpha value is -0.0100. The standard InChI is InChI=1S/C7H9Cl2N/c1-4(2)7-5(8)3-6(9)10-7/h4H,3H2,1-2H3. The number of halogens is 2. The van der Waals surface area contributed by atoms with Crippen LogP contribution in [0.3, 0.4) is 0 Å². The Morgan fingerprint density at radius 1 is 1.40 bits per heavy atom. The van der Waals surface area contributed by atoms with Crippen molar-refractivity contribution in [1.82, 2.24) is 0 Å². The van der Waals surface area contributed by atoms with Crippen LogP contribution in [0.4, 0.5) is 0 Å². The summed E-state index contributed by atoms with van der Waals surface area (Å²) >= 11 is 11.5. The van der Waals surface area contributed by atoms with Crippen LogP contribution in [0.25, 0.3) is 0 Å². The molecule has 0 aromatic rings. The second kappa shape index (κ2) is 2.93. The van der Waals surface area contributed by atoms with Crippen molar-refractivity contribution in [2.45, 2.75) is 20.3 Å². The van der Waals surface area contributed by atoms with Crippen molar-refractivity contribution in [2.75, 3.05) is 0 Å². The Bertz CT molecular complexity index is 204. The van der Waals surface area contributed by atoms with Crippen LogP contribution in [0, 0.1) is 5.92 Å². The Labute approximate surface area is 70.7 Å². The van der Waals surface area contributed by atoms with E-state index in [1.165, 1.54) is 0 Å². The third-order valence-electron chi connectivity index (χ3n) is 1.37. The third-order valence-corrected chi connectivity index (χ3v) is 1.91. The molecule has 0 radical (unpaired) electrons. The predicted octanol–water partition coefficient (Wildman–Crippen LogP) is 3.13. The lowest BCUT2D eigenvalue weighted by atomic mass is 10.1. The van der Waals surface area contributed by atoms with Gasteiger partial charge in [0.2, 0.25) is 0 Å². The van der Waals surface area contributed by atoms with E-state index in [-0.39, 0.29) is 0 Å². The van der Waals surface area contributed by atoms with E-state index in [4.69, 9.17) is 23.2 Å². The van der Waals surface area contributed by atoms with Gasteiger partial charge in [-0.3, -0.25) is 0 Å². The van der Waals surface area contributed by atoms with E-state index in [1.54, 1.807) is 0 Å². The first-order chi connectivity index (χ1) is 4.61. The molecule has 0 aromatic heterocycles. The molecular formula is C7H9Cl2N. The van der Waals surface area contributed by atoms with Crippen molar-refractivity contribution in [2.24, 2.45) is 10.9 Å². The number of hydrogen-bond donors (Lipinski definition) is 0. The summed E-state index contributed by atoms with van der Waals surface area (Å²) < 4.78 is 0. The summed E-state index contributed by atoms with van der Waals surface area (Å²) in [7, 11) is 0. The molecule has 0 spiro atoms. The molecule has 0 aliphatic carbocycles. The van der Waals surface area contributed by atoms with Crippen molar-refractivity contribution in [3.8, 4) is 0 Å². The lowest BCUT2D eigenvalue weighted by Gasteiger charge is -2.01. The lowest BCUT2D eigenvalue weighted by Crippen LogP contribution is -1.88. The normalized spacial score (nSPS) is 18.7. The molecule has 10 heavy (non-hydrogen) atoms. The Kier molecular flexibility index (Phi) is 2.37. The molecule has 0 saturated carbocycles. The monoisotopic (exact) mass is 177 g/mol.